The van der Waals surface area contributed by atoms with E-state index in [1.807, 2.05) is 46.7 Å². The number of rotatable bonds is 5. The van der Waals surface area contributed by atoms with Crippen LogP contribution in [0, 0.1) is 5.82 Å². The number of carbonyl (C=O) groups is 1. The molecule has 1 aromatic heterocycles. The van der Waals surface area contributed by atoms with Crippen LogP contribution in [0.1, 0.15) is 22.5 Å². The lowest BCUT2D eigenvalue weighted by atomic mass is 10.2. The smallest absolute Gasteiger partial charge is 0.273 e. The molecule has 0 aliphatic carbocycles. The second-order valence-electron chi connectivity index (χ2n) is 7.25. The van der Waals surface area contributed by atoms with Crippen LogP contribution in [0.5, 0.6) is 5.75 Å². The zero-order valence-corrected chi connectivity index (χ0v) is 17.7. The number of amides is 1. The standard InChI is InChI=1S/C23H24FN3O2S/c1-29-21-10-5-3-8-18(21)22-25-20(16-30-22)23(28)27-12-6-11-26(13-14-27)15-17-7-2-4-9-19(17)24/h2-5,7-10,16H,6,11-15H2,1H3. The van der Waals surface area contributed by atoms with Gasteiger partial charge in [0.1, 0.15) is 22.3 Å². The molecule has 30 heavy (non-hydrogen) atoms. The molecule has 2 aromatic carbocycles. The predicted octanol–water partition coefficient (Wildman–Crippen LogP) is 4.31. The number of hydrogen-bond donors (Lipinski definition) is 0. The molecule has 156 valence electrons. The molecule has 0 radical (unpaired) electrons. The Morgan fingerprint density at radius 2 is 1.90 bits per heavy atom. The maximum Gasteiger partial charge on any atom is 0.273 e. The van der Waals surface area contributed by atoms with Crippen molar-refractivity contribution in [3.63, 3.8) is 0 Å². The highest BCUT2D eigenvalue weighted by Crippen LogP contribution is 2.32. The Bertz CT molecular complexity index is 1020. The monoisotopic (exact) mass is 425 g/mol. The van der Waals surface area contributed by atoms with Crippen molar-refractivity contribution < 1.29 is 13.9 Å². The van der Waals surface area contributed by atoms with Crippen molar-refractivity contribution in [2.24, 2.45) is 0 Å². The first-order valence-corrected chi connectivity index (χ1v) is 10.9. The Labute approximate surface area is 179 Å². The minimum absolute atomic E-state index is 0.0554. The lowest BCUT2D eigenvalue weighted by molar-refractivity contribution is 0.0756. The van der Waals surface area contributed by atoms with Crippen LogP contribution < -0.4 is 4.74 Å². The summed E-state index contributed by atoms with van der Waals surface area (Å²) >= 11 is 1.44. The normalized spacial score (nSPS) is 15.1. The Hall–Kier alpha value is -2.77. The molecular formula is C23H24FN3O2S. The van der Waals surface area contributed by atoms with Crippen LogP contribution in [-0.4, -0.2) is 54.0 Å². The van der Waals surface area contributed by atoms with Crippen LogP contribution in [0.3, 0.4) is 0 Å². The minimum atomic E-state index is -0.180. The molecule has 0 spiro atoms. The number of carbonyl (C=O) groups excluding carboxylic acids is 1. The van der Waals surface area contributed by atoms with E-state index in [9.17, 15) is 9.18 Å². The van der Waals surface area contributed by atoms with Gasteiger partial charge in [0.05, 0.1) is 12.7 Å². The van der Waals surface area contributed by atoms with Crippen LogP contribution in [-0.2, 0) is 6.54 Å². The Balaban J connectivity index is 1.42. The van der Waals surface area contributed by atoms with Crippen LogP contribution in [0.15, 0.2) is 53.9 Å². The van der Waals surface area contributed by atoms with Gasteiger partial charge in [-0.15, -0.1) is 11.3 Å². The number of hydrogen-bond acceptors (Lipinski definition) is 5. The molecule has 7 heteroatoms. The molecule has 1 fully saturated rings. The van der Waals surface area contributed by atoms with Gasteiger partial charge >= 0.3 is 0 Å². The summed E-state index contributed by atoms with van der Waals surface area (Å²) < 4.78 is 19.4. The zero-order chi connectivity index (χ0) is 20.9. The molecular weight excluding hydrogens is 401 g/mol. The highest BCUT2D eigenvalue weighted by molar-refractivity contribution is 7.13. The number of ether oxygens (including phenoxy) is 1. The molecule has 0 saturated carbocycles. The molecule has 0 atom stereocenters. The van der Waals surface area contributed by atoms with Crippen LogP contribution in [0.25, 0.3) is 10.6 Å². The van der Waals surface area contributed by atoms with Gasteiger partial charge in [0.25, 0.3) is 5.91 Å². The SMILES string of the molecule is COc1ccccc1-c1nc(C(=O)N2CCCN(Cc3ccccc3F)CC2)cs1. The van der Waals surface area contributed by atoms with E-state index in [0.29, 0.717) is 37.4 Å². The second-order valence-corrected chi connectivity index (χ2v) is 8.11. The summed E-state index contributed by atoms with van der Waals surface area (Å²) in [5, 5.41) is 2.58. The molecule has 0 N–H and O–H groups in total. The maximum atomic E-state index is 14.0. The van der Waals surface area contributed by atoms with Gasteiger partial charge in [-0.3, -0.25) is 9.69 Å². The van der Waals surface area contributed by atoms with Gasteiger partial charge < -0.3 is 9.64 Å². The molecule has 1 aliphatic heterocycles. The first kappa shape index (κ1) is 20.5. The summed E-state index contributed by atoms with van der Waals surface area (Å²) in [4.78, 5) is 21.7. The van der Waals surface area contributed by atoms with E-state index in [4.69, 9.17) is 4.74 Å². The van der Waals surface area contributed by atoms with Gasteiger partial charge in [-0.2, -0.15) is 0 Å². The number of halogens is 1. The number of aromatic nitrogens is 1. The van der Waals surface area contributed by atoms with Gasteiger partial charge in [-0.1, -0.05) is 30.3 Å². The maximum absolute atomic E-state index is 14.0. The van der Waals surface area contributed by atoms with Crippen molar-refractivity contribution in [1.82, 2.24) is 14.8 Å². The fraction of sp³-hybridized carbons (Fsp3) is 0.304. The fourth-order valence-electron chi connectivity index (χ4n) is 3.68. The van der Waals surface area contributed by atoms with E-state index >= 15 is 0 Å². The second kappa shape index (κ2) is 9.36. The van der Waals surface area contributed by atoms with E-state index in [0.717, 1.165) is 29.3 Å². The zero-order valence-electron chi connectivity index (χ0n) is 16.9. The average Bonchev–Trinajstić information content (AvgIpc) is 3.15. The topological polar surface area (TPSA) is 45.7 Å². The van der Waals surface area contributed by atoms with Crippen LogP contribution in [0.2, 0.25) is 0 Å². The van der Waals surface area contributed by atoms with Crippen molar-refractivity contribution in [3.05, 3.63) is 71.0 Å². The molecule has 5 nitrogen and oxygen atoms in total. The third-order valence-electron chi connectivity index (χ3n) is 5.29. The summed E-state index contributed by atoms with van der Waals surface area (Å²) in [7, 11) is 1.63. The largest absolute Gasteiger partial charge is 0.496 e. The van der Waals surface area contributed by atoms with E-state index in [1.165, 1.54) is 17.4 Å². The quantitative estimate of drug-likeness (QED) is 0.611. The Morgan fingerprint density at radius 3 is 2.73 bits per heavy atom. The summed E-state index contributed by atoms with van der Waals surface area (Å²) in [6.07, 6.45) is 0.851. The molecule has 3 aromatic rings. The molecule has 1 amide bonds. The van der Waals surface area contributed by atoms with Crippen LogP contribution >= 0.6 is 11.3 Å². The van der Waals surface area contributed by atoms with E-state index in [-0.39, 0.29) is 11.7 Å². The van der Waals surface area contributed by atoms with Gasteiger partial charge in [0.15, 0.2) is 0 Å². The predicted molar refractivity (Wildman–Crippen MR) is 116 cm³/mol. The molecule has 1 saturated heterocycles. The molecule has 0 bridgehead atoms. The van der Waals surface area contributed by atoms with Crippen molar-refractivity contribution in [1.29, 1.82) is 0 Å². The van der Waals surface area contributed by atoms with Gasteiger partial charge in [-0.05, 0) is 24.6 Å². The minimum Gasteiger partial charge on any atom is -0.496 e. The van der Waals surface area contributed by atoms with Crippen molar-refractivity contribution >= 4 is 17.2 Å². The third-order valence-corrected chi connectivity index (χ3v) is 6.16. The van der Waals surface area contributed by atoms with Crippen molar-refractivity contribution in [3.8, 4) is 16.3 Å². The molecule has 4 rings (SSSR count). The lowest BCUT2D eigenvalue weighted by Crippen LogP contribution is -2.35. The third kappa shape index (κ3) is 4.52. The van der Waals surface area contributed by atoms with Gasteiger partial charge in [0, 0.05) is 43.7 Å². The highest BCUT2D eigenvalue weighted by Gasteiger charge is 2.23. The summed E-state index contributed by atoms with van der Waals surface area (Å²) in [6, 6.07) is 14.5. The fourth-order valence-corrected chi connectivity index (χ4v) is 4.50. The Morgan fingerprint density at radius 1 is 1.10 bits per heavy atom. The van der Waals surface area contributed by atoms with Crippen LogP contribution in [0.4, 0.5) is 4.39 Å². The summed E-state index contributed by atoms with van der Waals surface area (Å²) in [5.41, 5.74) is 2.04. The first-order valence-electron chi connectivity index (χ1n) is 9.99. The Kier molecular flexibility index (Phi) is 6.40. The van der Waals surface area contributed by atoms with Crippen molar-refractivity contribution in [2.75, 3.05) is 33.3 Å². The van der Waals surface area contributed by atoms with Crippen molar-refractivity contribution in [2.45, 2.75) is 13.0 Å². The number of benzene rings is 2. The number of methoxy groups -OCH3 is 1. The number of para-hydroxylation sites is 1. The summed E-state index contributed by atoms with van der Waals surface area (Å²) in [6.45, 7) is 3.39. The average molecular weight is 426 g/mol. The van der Waals surface area contributed by atoms with E-state index < -0.39 is 0 Å². The van der Waals surface area contributed by atoms with Gasteiger partial charge in [-0.25, -0.2) is 9.37 Å². The van der Waals surface area contributed by atoms with E-state index in [2.05, 4.69) is 9.88 Å². The van der Waals surface area contributed by atoms with Gasteiger partial charge in [0.2, 0.25) is 0 Å². The number of thiazole rings is 1. The highest BCUT2D eigenvalue weighted by atomic mass is 32.1. The lowest BCUT2D eigenvalue weighted by Gasteiger charge is -2.21. The summed E-state index contributed by atoms with van der Waals surface area (Å²) in [5.74, 6) is 0.505. The molecule has 1 aliphatic rings. The molecule has 0 unspecified atom stereocenters. The molecule has 2 heterocycles. The first-order chi connectivity index (χ1) is 14.7. The van der Waals surface area contributed by atoms with E-state index in [1.54, 1.807) is 13.2 Å². The number of nitrogens with zero attached hydrogens (tertiary/aromatic N) is 3.